The van der Waals surface area contributed by atoms with Crippen LogP contribution in [0.3, 0.4) is 0 Å². The highest BCUT2D eigenvalue weighted by molar-refractivity contribution is 9.11. The van der Waals surface area contributed by atoms with Crippen molar-refractivity contribution in [2.24, 2.45) is 0 Å². The van der Waals surface area contributed by atoms with Crippen LogP contribution in [-0.4, -0.2) is 4.57 Å². The van der Waals surface area contributed by atoms with Crippen molar-refractivity contribution >= 4 is 97.4 Å². The van der Waals surface area contributed by atoms with Crippen LogP contribution in [0.2, 0.25) is 0 Å². The van der Waals surface area contributed by atoms with Gasteiger partial charge in [-0.25, -0.2) is 0 Å². The quantitative estimate of drug-likeness (QED) is 0.157. The van der Waals surface area contributed by atoms with Crippen LogP contribution in [0, 0.1) is 0 Å². The molecule has 0 spiro atoms. The Morgan fingerprint density at radius 3 is 1.07 bits per heavy atom. The largest absolute Gasteiger partial charge is 0.355 e. The molecule has 332 valence electrons. The average molecular weight is 1020 g/mol. The van der Waals surface area contributed by atoms with Crippen molar-refractivity contribution in [3.8, 4) is 50.2 Å². The molecule has 0 atom stereocenters. The standard InChI is InChI=1S/C48H34N2.C18H10Br2/c1-4-11-34(12-5-1)37-19-21-38(22-20-37)39-23-27-42(28-24-39)49-43-17-10-18-44(33-43)50-47-29-25-40(35-13-6-2-7-14-35)31-45(47)46-32-41(26-30-48(46)50)36-15-8-3-9-16-36;19-17-10-16-12-6-2-4-8-14(12)18(20)9-15(16)11-5-1-3-7-13(11)17/h1-33,49H;1-10H. The van der Waals surface area contributed by atoms with Gasteiger partial charge < -0.3 is 9.88 Å². The molecule has 0 aliphatic carbocycles. The van der Waals surface area contributed by atoms with E-state index in [1.807, 2.05) is 0 Å². The molecular weight excluding hydrogens is 981 g/mol. The summed E-state index contributed by atoms with van der Waals surface area (Å²) in [4.78, 5) is 0. The molecule has 0 saturated carbocycles. The van der Waals surface area contributed by atoms with Crippen LogP contribution in [0.5, 0.6) is 0 Å². The zero-order valence-electron chi connectivity index (χ0n) is 38.0. The Balaban J connectivity index is 0.000000209. The maximum atomic E-state index is 3.71. The lowest BCUT2D eigenvalue weighted by molar-refractivity contribution is 1.18. The van der Waals surface area contributed by atoms with Gasteiger partial charge in [0.05, 0.1) is 11.0 Å². The van der Waals surface area contributed by atoms with Crippen molar-refractivity contribution in [3.63, 3.8) is 0 Å². The fourth-order valence-corrected chi connectivity index (χ4v) is 11.1. The zero-order valence-corrected chi connectivity index (χ0v) is 41.2. The van der Waals surface area contributed by atoms with Crippen LogP contribution in [0.4, 0.5) is 11.4 Å². The summed E-state index contributed by atoms with van der Waals surface area (Å²) in [5.41, 5.74) is 15.3. The molecule has 0 saturated heterocycles. The maximum Gasteiger partial charge on any atom is 0.0541 e. The highest BCUT2D eigenvalue weighted by Crippen LogP contribution is 2.40. The van der Waals surface area contributed by atoms with Crippen LogP contribution in [0.15, 0.2) is 270 Å². The first-order chi connectivity index (χ1) is 34.5. The fourth-order valence-electron chi connectivity index (χ4n) is 9.91. The Kier molecular flexibility index (Phi) is 11.6. The smallest absolute Gasteiger partial charge is 0.0541 e. The Bertz CT molecular complexity index is 3840. The summed E-state index contributed by atoms with van der Waals surface area (Å²) >= 11 is 7.42. The van der Waals surface area contributed by atoms with Gasteiger partial charge in [-0.3, -0.25) is 0 Å². The van der Waals surface area contributed by atoms with E-state index < -0.39 is 0 Å². The minimum Gasteiger partial charge on any atom is -0.355 e. The van der Waals surface area contributed by atoms with E-state index in [-0.39, 0.29) is 0 Å². The monoisotopic (exact) mass is 1020 g/mol. The predicted molar refractivity (Wildman–Crippen MR) is 307 cm³/mol. The number of hydrogen-bond acceptors (Lipinski definition) is 1. The molecule has 1 aromatic heterocycles. The molecule has 12 aromatic carbocycles. The lowest BCUT2D eigenvalue weighted by atomic mass is 9.97. The second kappa shape index (κ2) is 18.8. The Labute approximate surface area is 424 Å². The normalized spacial score (nSPS) is 11.3. The van der Waals surface area contributed by atoms with Crippen molar-refractivity contribution < 1.29 is 0 Å². The van der Waals surface area contributed by atoms with Crippen LogP contribution in [-0.2, 0) is 0 Å². The summed E-state index contributed by atoms with van der Waals surface area (Å²) in [5.74, 6) is 0. The number of nitrogens with zero attached hydrogens (tertiary/aromatic N) is 1. The molecule has 13 rings (SSSR count). The van der Waals surface area contributed by atoms with Crippen molar-refractivity contribution in [1.82, 2.24) is 4.57 Å². The Morgan fingerprint density at radius 1 is 0.243 bits per heavy atom. The number of benzene rings is 12. The van der Waals surface area contributed by atoms with Gasteiger partial charge >= 0.3 is 0 Å². The van der Waals surface area contributed by atoms with Gasteiger partial charge in [-0.05, 0) is 144 Å². The van der Waals surface area contributed by atoms with E-state index in [1.165, 1.54) is 98.6 Å². The van der Waals surface area contributed by atoms with Crippen LogP contribution < -0.4 is 5.32 Å². The number of rotatable bonds is 7. The summed E-state index contributed by atoms with van der Waals surface area (Å²) < 4.78 is 4.68. The fraction of sp³-hybridized carbons (Fsp3) is 0. The van der Waals surface area contributed by atoms with Crippen LogP contribution in [0.25, 0.3) is 104 Å². The number of anilines is 2. The molecule has 1 heterocycles. The number of aromatic nitrogens is 1. The van der Waals surface area contributed by atoms with Gasteiger partial charge in [-0.2, -0.15) is 0 Å². The minimum absolute atomic E-state index is 1.04. The summed E-state index contributed by atoms with van der Waals surface area (Å²) in [5, 5.41) is 13.8. The van der Waals surface area contributed by atoms with Gasteiger partial charge in [0.2, 0.25) is 0 Å². The van der Waals surface area contributed by atoms with E-state index in [0.717, 1.165) is 26.0 Å². The van der Waals surface area contributed by atoms with E-state index in [1.54, 1.807) is 0 Å². The second-order valence-electron chi connectivity index (χ2n) is 17.6. The zero-order chi connectivity index (χ0) is 47.0. The highest BCUT2D eigenvalue weighted by Gasteiger charge is 2.16. The van der Waals surface area contributed by atoms with Crippen molar-refractivity contribution in [3.05, 3.63) is 270 Å². The number of fused-ring (bicyclic) bond motifs is 8. The molecule has 70 heavy (non-hydrogen) atoms. The topological polar surface area (TPSA) is 17.0 Å². The summed E-state index contributed by atoms with van der Waals surface area (Å²) in [6, 6.07) is 93.1. The molecule has 13 aromatic rings. The number of nitrogens with one attached hydrogen (secondary N) is 1. The molecule has 0 unspecified atom stereocenters. The van der Waals surface area contributed by atoms with E-state index in [4.69, 9.17) is 0 Å². The van der Waals surface area contributed by atoms with Gasteiger partial charge in [-0.1, -0.05) is 226 Å². The van der Waals surface area contributed by atoms with Crippen molar-refractivity contribution in [2.75, 3.05) is 5.32 Å². The van der Waals surface area contributed by atoms with E-state index >= 15 is 0 Å². The molecule has 0 aliphatic heterocycles. The minimum atomic E-state index is 1.04. The molecule has 4 heteroatoms. The van der Waals surface area contributed by atoms with Gasteiger partial charge in [0.1, 0.15) is 0 Å². The first-order valence-corrected chi connectivity index (χ1v) is 25.1. The number of halogens is 2. The Morgan fingerprint density at radius 2 is 0.614 bits per heavy atom. The molecule has 0 fully saturated rings. The molecule has 0 amide bonds. The van der Waals surface area contributed by atoms with E-state index in [0.29, 0.717) is 0 Å². The first-order valence-electron chi connectivity index (χ1n) is 23.5. The second-order valence-corrected chi connectivity index (χ2v) is 19.3. The van der Waals surface area contributed by atoms with Crippen molar-refractivity contribution in [1.29, 1.82) is 0 Å². The third-order valence-corrected chi connectivity index (χ3v) is 14.7. The third kappa shape index (κ3) is 8.36. The Hall–Kier alpha value is -8.02. The van der Waals surface area contributed by atoms with Crippen molar-refractivity contribution in [2.45, 2.75) is 0 Å². The van der Waals surface area contributed by atoms with Crippen LogP contribution >= 0.6 is 31.9 Å². The van der Waals surface area contributed by atoms with Gasteiger partial charge in [0.15, 0.2) is 0 Å². The predicted octanol–water partition coefficient (Wildman–Crippen LogP) is 19.9. The lowest BCUT2D eigenvalue weighted by Gasteiger charge is -2.13. The molecule has 0 aliphatic rings. The van der Waals surface area contributed by atoms with Gasteiger partial charge in [0, 0.05) is 36.8 Å². The van der Waals surface area contributed by atoms with Gasteiger partial charge in [-0.15, -0.1) is 0 Å². The maximum absolute atomic E-state index is 3.71. The highest BCUT2D eigenvalue weighted by atomic mass is 79.9. The van der Waals surface area contributed by atoms with Gasteiger partial charge in [0.25, 0.3) is 0 Å². The lowest BCUT2D eigenvalue weighted by Crippen LogP contribution is -1.96. The average Bonchev–Trinajstić information content (AvgIpc) is 3.76. The summed E-state index contributed by atoms with van der Waals surface area (Å²) in [6.45, 7) is 0. The summed E-state index contributed by atoms with van der Waals surface area (Å²) in [7, 11) is 0. The molecular formula is C66H44Br2N2. The third-order valence-electron chi connectivity index (χ3n) is 13.4. The van der Waals surface area contributed by atoms with E-state index in [9.17, 15) is 0 Å². The molecule has 1 N–H and O–H groups in total. The number of hydrogen-bond donors (Lipinski definition) is 1. The SMILES string of the molecule is Brc1cc2c3ccccc3c(Br)cc2c2ccccc12.c1ccc(-c2ccc(-c3ccc(Nc4cccc(-n5c6ccc(-c7ccccc7)cc6c6cc(-c7ccccc7)ccc65)c4)cc3)cc2)cc1. The van der Waals surface area contributed by atoms with Crippen LogP contribution in [0.1, 0.15) is 0 Å². The molecule has 2 nitrogen and oxygen atoms in total. The van der Waals surface area contributed by atoms with E-state index in [2.05, 4.69) is 303 Å². The molecule has 0 radical (unpaired) electrons. The summed E-state index contributed by atoms with van der Waals surface area (Å²) in [6.07, 6.45) is 0. The first kappa shape index (κ1) is 43.3. The molecule has 0 bridgehead atoms.